The Labute approximate surface area is 182 Å². The molecule has 4 rings (SSSR count). The van der Waals surface area contributed by atoms with E-state index in [0.717, 1.165) is 22.7 Å². The van der Waals surface area contributed by atoms with Crippen molar-refractivity contribution in [1.82, 2.24) is 4.90 Å². The molecule has 1 aliphatic rings. The third-order valence-corrected chi connectivity index (χ3v) is 5.10. The fraction of sp³-hybridized carbons (Fsp3) is 0.240. The molecule has 160 valence electrons. The van der Waals surface area contributed by atoms with E-state index in [1.165, 1.54) is 0 Å². The van der Waals surface area contributed by atoms with Gasteiger partial charge in [-0.3, -0.25) is 4.79 Å². The van der Waals surface area contributed by atoms with Crippen molar-refractivity contribution < 1.29 is 19.0 Å². The van der Waals surface area contributed by atoms with E-state index in [1.54, 1.807) is 12.0 Å². The molecule has 6 nitrogen and oxygen atoms in total. The van der Waals surface area contributed by atoms with Crippen LogP contribution >= 0.6 is 0 Å². The second-order valence-electron chi connectivity index (χ2n) is 7.17. The first kappa shape index (κ1) is 20.8. The van der Waals surface area contributed by atoms with Crippen molar-refractivity contribution in [2.24, 2.45) is 0 Å². The van der Waals surface area contributed by atoms with Crippen molar-refractivity contribution >= 4 is 11.6 Å². The van der Waals surface area contributed by atoms with E-state index in [9.17, 15) is 4.79 Å². The van der Waals surface area contributed by atoms with Gasteiger partial charge in [0, 0.05) is 19.3 Å². The summed E-state index contributed by atoms with van der Waals surface area (Å²) >= 11 is 0. The normalized spacial score (nSPS) is 15.2. The van der Waals surface area contributed by atoms with Gasteiger partial charge < -0.3 is 24.4 Å². The summed E-state index contributed by atoms with van der Waals surface area (Å²) in [6.45, 7) is 1.81. The Balaban J connectivity index is 1.46. The number of carbonyl (C=O) groups is 1. The zero-order valence-electron chi connectivity index (χ0n) is 17.5. The maximum atomic E-state index is 13.1. The minimum atomic E-state index is -0.304. The summed E-state index contributed by atoms with van der Waals surface area (Å²) in [5, 5.41) is 3.49. The van der Waals surface area contributed by atoms with Crippen LogP contribution in [0.1, 0.15) is 22.1 Å². The molecule has 1 atom stereocenters. The molecule has 0 spiro atoms. The molecule has 1 amide bonds. The molecule has 1 unspecified atom stereocenters. The minimum Gasteiger partial charge on any atom is -0.490 e. The van der Waals surface area contributed by atoms with E-state index in [4.69, 9.17) is 14.2 Å². The van der Waals surface area contributed by atoms with Crippen LogP contribution in [0.3, 0.4) is 0 Å². The van der Waals surface area contributed by atoms with E-state index in [1.807, 2.05) is 78.9 Å². The zero-order valence-corrected chi connectivity index (χ0v) is 17.5. The number of carbonyl (C=O) groups excluding carboxylic acids is 1. The van der Waals surface area contributed by atoms with Gasteiger partial charge in [-0.2, -0.15) is 0 Å². The molecule has 0 saturated carbocycles. The Bertz CT molecular complexity index is 1010. The maximum Gasteiger partial charge on any atom is 0.257 e. The Morgan fingerprint density at radius 2 is 1.55 bits per heavy atom. The molecule has 0 saturated heterocycles. The van der Waals surface area contributed by atoms with Crippen LogP contribution in [0.5, 0.6) is 11.5 Å². The molecule has 0 bridgehead atoms. The standard InChI is InChI=1S/C25H26N2O4/c1-29-15-14-27-24(26-23-13-6-5-12-22(23)25(27)28)19-8-7-11-21(18-19)31-17-16-30-20-9-3-2-4-10-20/h2-13,18,24,26H,14-17H2,1H3. The highest BCUT2D eigenvalue weighted by molar-refractivity contribution is 6.01. The molecule has 1 heterocycles. The van der Waals surface area contributed by atoms with Crippen molar-refractivity contribution in [2.45, 2.75) is 6.17 Å². The lowest BCUT2D eigenvalue weighted by molar-refractivity contribution is 0.0609. The fourth-order valence-corrected chi connectivity index (χ4v) is 3.59. The van der Waals surface area contributed by atoms with Crippen LogP contribution < -0.4 is 14.8 Å². The Hall–Kier alpha value is -3.51. The Morgan fingerprint density at radius 3 is 2.35 bits per heavy atom. The number of methoxy groups -OCH3 is 1. The third kappa shape index (κ3) is 4.98. The van der Waals surface area contributed by atoms with E-state index in [0.29, 0.717) is 31.9 Å². The zero-order chi connectivity index (χ0) is 21.5. The Morgan fingerprint density at radius 1 is 0.839 bits per heavy atom. The third-order valence-electron chi connectivity index (χ3n) is 5.10. The van der Waals surface area contributed by atoms with Crippen LogP contribution in [0.25, 0.3) is 0 Å². The number of nitrogens with zero attached hydrogens (tertiary/aromatic N) is 1. The number of para-hydroxylation sites is 2. The highest BCUT2D eigenvalue weighted by atomic mass is 16.5. The molecular formula is C25H26N2O4. The SMILES string of the molecule is COCCN1C(=O)c2ccccc2NC1c1cccc(OCCOc2ccccc2)c1. The molecule has 0 aromatic heterocycles. The molecule has 3 aromatic rings. The number of ether oxygens (including phenoxy) is 3. The minimum absolute atomic E-state index is 0.0148. The predicted octanol–water partition coefficient (Wildman–Crippen LogP) is 4.36. The second kappa shape index (κ2) is 10.00. The highest BCUT2D eigenvalue weighted by Gasteiger charge is 2.32. The summed E-state index contributed by atoms with van der Waals surface area (Å²) in [6, 6.07) is 25.0. The van der Waals surface area contributed by atoms with Gasteiger partial charge in [0.1, 0.15) is 30.9 Å². The highest BCUT2D eigenvalue weighted by Crippen LogP contribution is 2.33. The number of rotatable bonds is 9. The number of nitrogens with one attached hydrogen (secondary N) is 1. The molecule has 1 N–H and O–H groups in total. The summed E-state index contributed by atoms with van der Waals surface area (Å²) < 4.78 is 16.8. The predicted molar refractivity (Wildman–Crippen MR) is 120 cm³/mol. The fourth-order valence-electron chi connectivity index (χ4n) is 3.59. The van der Waals surface area contributed by atoms with Crippen molar-refractivity contribution in [3.63, 3.8) is 0 Å². The summed E-state index contributed by atoms with van der Waals surface area (Å²) in [5.74, 6) is 1.53. The van der Waals surface area contributed by atoms with E-state index >= 15 is 0 Å². The van der Waals surface area contributed by atoms with E-state index in [-0.39, 0.29) is 12.1 Å². The first-order chi connectivity index (χ1) is 15.3. The van der Waals surface area contributed by atoms with Gasteiger partial charge >= 0.3 is 0 Å². The lowest BCUT2D eigenvalue weighted by atomic mass is 10.0. The molecule has 3 aromatic carbocycles. The molecule has 1 aliphatic heterocycles. The average molecular weight is 418 g/mol. The van der Waals surface area contributed by atoms with Gasteiger partial charge in [-0.1, -0.05) is 42.5 Å². The number of fused-ring (bicyclic) bond motifs is 1. The summed E-state index contributed by atoms with van der Waals surface area (Å²) in [7, 11) is 1.64. The van der Waals surface area contributed by atoms with Gasteiger partial charge in [0.05, 0.1) is 12.2 Å². The molecular weight excluding hydrogens is 392 g/mol. The van der Waals surface area contributed by atoms with Gasteiger partial charge in [-0.15, -0.1) is 0 Å². The number of benzene rings is 3. The van der Waals surface area contributed by atoms with Crippen LogP contribution in [0, 0.1) is 0 Å². The van der Waals surface area contributed by atoms with Gasteiger partial charge in [-0.25, -0.2) is 0 Å². The monoisotopic (exact) mass is 418 g/mol. The largest absolute Gasteiger partial charge is 0.490 e. The molecule has 0 aliphatic carbocycles. The average Bonchev–Trinajstić information content (AvgIpc) is 2.82. The Kier molecular flexibility index (Phi) is 6.69. The molecule has 6 heteroatoms. The van der Waals surface area contributed by atoms with Crippen LogP contribution in [-0.2, 0) is 4.74 Å². The number of amides is 1. The van der Waals surface area contributed by atoms with Crippen molar-refractivity contribution in [3.05, 3.63) is 90.0 Å². The molecule has 31 heavy (non-hydrogen) atoms. The molecule has 0 fully saturated rings. The topological polar surface area (TPSA) is 60.0 Å². The molecule has 0 radical (unpaired) electrons. The van der Waals surface area contributed by atoms with Crippen LogP contribution in [0.2, 0.25) is 0 Å². The van der Waals surface area contributed by atoms with Crippen molar-refractivity contribution in [2.75, 3.05) is 38.8 Å². The summed E-state index contributed by atoms with van der Waals surface area (Å²) in [5.41, 5.74) is 2.44. The van der Waals surface area contributed by atoms with Crippen LogP contribution in [-0.4, -0.2) is 44.3 Å². The lowest BCUT2D eigenvalue weighted by Gasteiger charge is -2.38. The van der Waals surface area contributed by atoms with E-state index < -0.39 is 0 Å². The van der Waals surface area contributed by atoms with Gasteiger partial charge in [0.15, 0.2) is 0 Å². The smallest absolute Gasteiger partial charge is 0.257 e. The number of anilines is 1. The van der Waals surface area contributed by atoms with Gasteiger partial charge in [0.25, 0.3) is 5.91 Å². The first-order valence-electron chi connectivity index (χ1n) is 10.3. The van der Waals surface area contributed by atoms with Crippen molar-refractivity contribution in [3.8, 4) is 11.5 Å². The maximum absolute atomic E-state index is 13.1. The quantitative estimate of drug-likeness (QED) is 0.524. The van der Waals surface area contributed by atoms with Gasteiger partial charge in [-0.05, 0) is 42.0 Å². The van der Waals surface area contributed by atoms with Crippen LogP contribution in [0.4, 0.5) is 5.69 Å². The first-order valence-corrected chi connectivity index (χ1v) is 10.3. The number of hydrogen-bond acceptors (Lipinski definition) is 5. The number of hydrogen-bond donors (Lipinski definition) is 1. The summed E-state index contributed by atoms with van der Waals surface area (Å²) in [6.07, 6.45) is -0.304. The summed E-state index contributed by atoms with van der Waals surface area (Å²) in [4.78, 5) is 14.9. The van der Waals surface area contributed by atoms with Crippen molar-refractivity contribution in [1.29, 1.82) is 0 Å². The lowest BCUT2D eigenvalue weighted by Crippen LogP contribution is -2.44. The van der Waals surface area contributed by atoms with Gasteiger partial charge in [0.2, 0.25) is 0 Å². The van der Waals surface area contributed by atoms with Crippen LogP contribution in [0.15, 0.2) is 78.9 Å². The van der Waals surface area contributed by atoms with E-state index in [2.05, 4.69) is 5.32 Å². The second-order valence-corrected chi connectivity index (χ2v) is 7.17.